The average molecular weight is 305 g/mol. The number of benzene rings is 2. The van der Waals surface area contributed by atoms with E-state index in [1.165, 1.54) is 6.26 Å². The summed E-state index contributed by atoms with van der Waals surface area (Å²) in [6.45, 7) is 2.07. The second kappa shape index (κ2) is 6.28. The number of hydrogen-bond donors (Lipinski definition) is 1. The van der Waals surface area contributed by atoms with Gasteiger partial charge in [0, 0.05) is 12.3 Å². The third kappa shape index (κ3) is 4.06. The van der Waals surface area contributed by atoms with Gasteiger partial charge in [0.25, 0.3) is 0 Å². The lowest BCUT2D eigenvalue weighted by atomic mass is 10.1. The van der Waals surface area contributed by atoms with Crippen LogP contribution in [0.15, 0.2) is 53.4 Å². The quantitative estimate of drug-likeness (QED) is 0.922. The second-order valence-corrected chi connectivity index (χ2v) is 6.94. The lowest BCUT2D eigenvalue weighted by molar-refractivity contribution is 0.480. The van der Waals surface area contributed by atoms with Crippen LogP contribution in [0.3, 0.4) is 0 Å². The summed E-state index contributed by atoms with van der Waals surface area (Å²) in [5, 5.41) is 3.17. The number of ether oxygens (including phenoxy) is 1. The van der Waals surface area contributed by atoms with Crippen LogP contribution in [0, 0.1) is 0 Å². The van der Waals surface area contributed by atoms with E-state index in [9.17, 15) is 8.42 Å². The fraction of sp³-hybridized carbons (Fsp3) is 0.250. The third-order valence-electron chi connectivity index (χ3n) is 3.28. The van der Waals surface area contributed by atoms with Crippen molar-refractivity contribution in [2.75, 3.05) is 13.3 Å². The van der Waals surface area contributed by atoms with Gasteiger partial charge in [-0.15, -0.1) is 0 Å². The molecule has 0 amide bonds. The Morgan fingerprint density at radius 3 is 2.29 bits per heavy atom. The number of sulfone groups is 1. The molecule has 0 heterocycles. The summed E-state index contributed by atoms with van der Waals surface area (Å²) in [5.74, 6) is 1.33. The van der Waals surface area contributed by atoms with Crippen molar-refractivity contribution < 1.29 is 13.2 Å². The molecule has 0 radical (unpaired) electrons. The van der Waals surface area contributed by atoms with Crippen LogP contribution in [0.5, 0.6) is 11.5 Å². The lowest BCUT2D eigenvalue weighted by Crippen LogP contribution is -2.11. The summed E-state index contributed by atoms with van der Waals surface area (Å²) >= 11 is 0. The molecule has 2 aromatic rings. The summed E-state index contributed by atoms with van der Waals surface area (Å²) in [5.41, 5.74) is 1.13. The van der Waals surface area contributed by atoms with E-state index in [0.29, 0.717) is 5.75 Å². The summed E-state index contributed by atoms with van der Waals surface area (Å²) in [7, 11) is -1.27. The molecule has 2 rings (SSSR count). The van der Waals surface area contributed by atoms with Crippen molar-refractivity contribution in [3.05, 3.63) is 54.1 Å². The van der Waals surface area contributed by atoms with Gasteiger partial charge in [0.05, 0.1) is 4.90 Å². The molecule has 2 aromatic carbocycles. The molecule has 5 heteroatoms. The van der Waals surface area contributed by atoms with E-state index in [2.05, 4.69) is 12.2 Å². The van der Waals surface area contributed by atoms with Gasteiger partial charge in [-0.3, -0.25) is 0 Å². The third-order valence-corrected chi connectivity index (χ3v) is 4.41. The molecule has 1 unspecified atom stereocenters. The first-order chi connectivity index (χ1) is 9.90. The maximum atomic E-state index is 11.4. The van der Waals surface area contributed by atoms with Crippen molar-refractivity contribution in [3.8, 4) is 11.5 Å². The van der Waals surface area contributed by atoms with Gasteiger partial charge in [-0.05, 0) is 55.9 Å². The Balaban J connectivity index is 2.19. The molecule has 0 saturated heterocycles. The molecule has 0 fully saturated rings. The SMILES string of the molecule is CNC(C)c1cccc(Oc2ccc(S(C)(=O)=O)cc2)c1. The molecule has 0 aromatic heterocycles. The van der Waals surface area contributed by atoms with Crippen molar-refractivity contribution in [1.29, 1.82) is 0 Å². The molecule has 112 valence electrons. The molecule has 21 heavy (non-hydrogen) atoms. The van der Waals surface area contributed by atoms with Gasteiger partial charge in [-0.2, -0.15) is 0 Å². The smallest absolute Gasteiger partial charge is 0.175 e. The van der Waals surface area contributed by atoms with Crippen LogP contribution < -0.4 is 10.1 Å². The maximum Gasteiger partial charge on any atom is 0.175 e. The molecule has 0 spiro atoms. The molecular weight excluding hydrogens is 286 g/mol. The molecule has 0 aliphatic rings. The van der Waals surface area contributed by atoms with Crippen LogP contribution in [0.4, 0.5) is 0 Å². The van der Waals surface area contributed by atoms with Gasteiger partial charge in [0.1, 0.15) is 11.5 Å². The maximum absolute atomic E-state index is 11.4. The van der Waals surface area contributed by atoms with Gasteiger partial charge in [0.2, 0.25) is 0 Å². The van der Waals surface area contributed by atoms with Gasteiger partial charge in [-0.1, -0.05) is 12.1 Å². The highest BCUT2D eigenvalue weighted by Gasteiger charge is 2.08. The molecule has 1 N–H and O–H groups in total. The lowest BCUT2D eigenvalue weighted by Gasteiger charge is -2.12. The van der Waals surface area contributed by atoms with Crippen molar-refractivity contribution >= 4 is 9.84 Å². The first-order valence-corrected chi connectivity index (χ1v) is 8.54. The summed E-state index contributed by atoms with van der Waals surface area (Å²) in [6.07, 6.45) is 1.19. The zero-order valence-corrected chi connectivity index (χ0v) is 13.1. The van der Waals surface area contributed by atoms with E-state index in [1.54, 1.807) is 24.3 Å². The van der Waals surface area contributed by atoms with Gasteiger partial charge in [-0.25, -0.2) is 8.42 Å². The normalized spacial score (nSPS) is 12.9. The topological polar surface area (TPSA) is 55.4 Å². The van der Waals surface area contributed by atoms with Crippen molar-refractivity contribution in [2.24, 2.45) is 0 Å². The minimum atomic E-state index is -3.18. The largest absolute Gasteiger partial charge is 0.457 e. The summed E-state index contributed by atoms with van der Waals surface area (Å²) in [4.78, 5) is 0.285. The monoisotopic (exact) mass is 305 g/mol. The Bertz CT molecular complexity index is 709. The molecule has 1 atom stereocenters. The summed E-state index contributed by atoms with van der Waals surface area (Å²) in [6, 6.07) is 14.4. The van der Waals surface area contributed by atoms with Crippen LogP contribution in [0.25, 0.3) is 0 Å². The fourth-order valence-corrected chi connectivity index (χ4v) is 2.54. The predicted octanol–water partition coefficient (Wildman–Crippen LogP) is 3.16. The van der Waals surface area contributed by atoms with Gasteiger partial charge < -0.3 is 10.1 Å². The minimum absolute atomic E-state index is 0.237. The van der Waals surface area contributed by atoms with E-state index in [4.69, 9.17) is 4.74 Å². The number of nitrogens with one attached hydrogen (secondary N) is 1. The second-order valence-electron chi connectivity index (χ2n) is 4.93. The first kappa shape index (κ1) is 15.5. The molecule has 0 aliphatic heterocycles. The molecule has 0 saturated carbocycles. The van der Waals surface area contributed by atoms with E-state index < -0.39 is 9.84 Å². The van der Waals surface area contributed by atoms with Gasteiger partial charge in [0.15, 0.2) is 9.84 Å². The van der Waals surface area contributed by atoms with Crippen LogP contribution in [0.1, 0.15) is 18.5 Å². The Morgan fingerprint density at radius 2 is 1.71 bits per heavy atom. The van der Waals surface area contributed by atoms with E-state index in [1.807, 2.05) is 31.3 Å². The van der Waals surface area contributed by atoms with E-state index >= 15 is 0 Å². The zero-order valence-electron chi connectivity index (χ0n) is 12.3. The highest BCUT2D eigenvalue weighted by Crippen LogP contribution is 2.25. The molecule has 0 bridgehead atoms. The predicted molar refractivity (Wildman–Crippen MR) is 83.5 cm³/mol. The Kier molecular flexibility index (Phi) is 4.65. The Morgan fingerprint density at radius 1 is 1.05 bits per heavy atom. The Labute approximate surface area is 125 Å². The molecule has 0 aliphatic carbocycles. The highest BCUT2D eigenvalue weighted by atomic mass is 32.2. The highest BCUT2D eigenvalue weighted by molar-refractivity contribution is 7.90. The number of rotatable bonds is 5. The van der Waals surface area contributed by atoms with Crippen molar-refractivity contribution in [3.63, 3.8) is 0 Å². The average Bonchev–Trinajstić information content (AvgIpc) is 2.46. The molecule has 4 nitrogen and oxygen atoms in total. The van der Waals surface area contributed by atoms with Crippen LogP contribution in [-0.2, 0) is 9.84 Å². The number of hydrogen-bond acceptors (Lipinski definition) is 4. The van der Waals surface area contributed by atoms with Crippen LogP contribution in [0.2, 0.25) is 0 Å². The van der Waals surface area contributed by atoms with Crippen LogP contribution >= 0.6 is 0 Å². The fourth-order valence-electron chi connectivity index (χ4n) is 1.91. The van der Waals surface area contributed by atoms with E-state index in [0.717, 1.165) is 11.3 Å². The Hall–Kier alpha value is -1.85. The van der Waals surface area contributed by atoms with Gasteiger partial charge >= 0.3 is 0 Å². The first-order valence-electron chi connectivity index (χ1n) is 6.65. The zero-order chi connectivity index (χ0) is 15.5. The molecular formula is C16H19NO3S. The van der Waals surface area contributed by atoms with Crippen LogP contribution in [-0.4, -0.2) is 21.7 Å². The van der Waals surface area contributed by atoms with Crippen molar-refractivity contribution in [2.45, 2.75) is 17.9 Å². The van der Waals surface area contributed by atoms with Crippen molar-refractivity contribution in [1.82, 2.24) is 5.32 Å². The minimum Gasteiger partial charge on any atom is -0.457 e. The van der Waals surface area contributed by atoms with E-state index in [-0.39, 0.29) is 10.9 Å². The standard InChI is InChI=1S/C16H19NO3S/c1-12(17-2)13-5-4-6-15(11-13)20-14-7-9-16(10-8-14)21(3,18)19/h4-12,17H,1-3H3. The summed E-state index contributed by atoms with van der Waals surface area (Å²) < 4.78 is 28.6.